The highest BCUT2D eigenvalue weighted by Gasteiger charge is 2.35. The fraction of sp³-hybridized carbons (Fsp3) is 0.250. The number of nitrogens with zero attached hydrogens (tertiary/aromatic N) is 6. The summed E-state index contributed by atoms with van der Waals surface area (Å²) in [5.74, 6) is 0.0932. The summed E-state index contributed by atoms with van der Waals surface area (Å²) in [5, 5.41) is 12.9. The van der Waals surface area contributed by atoms with Gasteiger partial charge >= 0.3 is 0 Å². The molecule has 1 atom stereocenters. The fourth-order valence-electron chi connectivity index (χ4n) is 2.76. The van der Waals surface area contributed by atoms with Gasteiger partial charge < -0.3 is 4.90 Å². The molecule has 1 fully saturated rings. The fourth-order valence-corrected chi connectivity index (χ4v) is 3.83. The van der Waals surface area contributed by atoms with Gasteiger partial charge in [0.25, 0.3) is 0 Å². The van der Waals surface area contributed by atoms with E-state index in [1.54, 1.807) is 22.1 Å². The van der Waals surface area contributed by atoms with Gasteiger partial charge in [-0.25, -0.2) is 0 Å². The third-order valence-electron chi connectivity index (χ3n) is 3.96. The topological polar surface area (TPSA) is 68.8 Å². The number of hydrogen-bond acceptors (Lipinski definition) is 5. The van der Waals surface area contributed by atoms with Crippen LogP contribution in [0.4, 0.5) is 5.69 Å². The van der Waals surface area contributed by atoms with Crippen molar-refractivity contribution in [3.05, 3.63) is 49.1 Å². The predicted octanol–water partition coefficient (Wildman–Crippen LogP) is 1.90. The molecule has 0 saturated carbocycles. The number of benzene rings is 1. The Morgan fingerprint density at radius 3 is 2.79 bits per heavy atom. The van der Waals surface area contributed by atoms with Gasteiger partial charge in [-0.3, -0.25) is 14.0 Å². The molecule has 0 radical (unpaired) electrons. The van der Waals surface area contributed by atoms with E-state index < -0.39 is 0 Å². The number of aromatic nitrogens is 5. The highest BCUT2D eigenvalue weighted by atomic mass is 32.2. The van der Waals surface area contributed by atoms with Gasteiger partial charge in [-0.05, 0) is 18.6 Å². The lowest BCUT2D eigenvalue weighted by Gasteiger charge is -2.14. The van der Waals surface area contributed by atoms with Gasteiger partial charge in [0.15, 0.2) is 5.16 Å². The number of rotatable bonds is 4. The molecule has 1 aliphatic rings. The molecule has 0 unspecified atom stereocenters. The maximum Gasteiger partial charge on any atom is 0.240 e. The lowest BCUT2D eigenvalue weighted by atomic mass is 10.3. The summed E-state index contributed by atoms with van der Waals surface area (Å²) < 4.78 is 3.61. The first-order valence-corrected chi connectivity index (χ1v) is 8.52. The summed E-state index contributed by atoms with van der Waals surface area (Å²) in [6.45, 7) is 0.696. The van der Waals surface area contributed by atoms with Crippen LogP contribution in [0.15, 0.2) is 54.2 Å². The lowest BCUT2D eigenvalue weighted by molar-refractivity contribution is -0.116. The van der Waals surface area contributed by atoms with Crippen LogP contribution in [0.2, 0.25) is 0 Å². The van der Waals surface area contributed by atoms with Crippen molar-refractivity contribution in [2.24, 2.45) is 7.05 Å². The van der Waals surface area contributed by atoms with Crippen LogP contribution >= 0.6 is 11.8 Å². The monoisotopic (exact) mass is 340 g/mol. The van der Waals surface area contributed by atoms with E-state index in [2.05, 4.69) is 15.3 Å². The number of carbonyl (C=O) groups is 1. The van der Waals surface area contributed by atoms with Crippen LogP contribution in [-0.4, -0.2) is 42.2 Å². The number of hydrogen-bond donors (Lipinski definition) is 0. The van der Waals surface area contributed by atoms with E-state index in [4.69, 9.17) is 0 Å². The Morgan fingerprint density at radius 2 is 2.04 bits per heavy atom. The van der Waals surface area contributed by atoms with Crippen molar-refractivity contribution in [2.45, 2.75) is 16.8 Å². The van der Waals surface area contributed by atoms with E-state index in [1.807, 2.05) is 48.1 Å². The van der Waals surface area contributed by atoms with E-state index in [1.165, 1.54) is 11.8 Å². The molecule has 0 N–H and O–H groups in total. The van der Waals surface area contributed by atoms with Crippen LogP contribution in [0.1, 0.15) is 6.42 Å². The van der Waals surface area contributed by atoms with Gasteiger partial charge in [0, 0.05) is 25.5 Å². The van der Waals surface area contributed by atoms with Crippen molar-refractivity contribution in [3.8, 4) is 5.69 Å². The summed E-state index contributed by atoms with van der Waals surface area (Å²) in [6, 6.07) is 9.88. The maximum absolute atomic E-state index is 12.7. The van der Waals surface area contributed by atoms with E-state index in [-0.39, 0.29) is 11.2 Å². The maximum atomic E-state index is 12.7. The average molecular weight is 340 g/mol. The molecule has 3 heterocycles. The smallest absolute Gasteiger partial charge is 0.240 e. The Hall–Kier alpha value is -2.61. The first kappa shape index (κ1) is 14.9. The van der Waals surface area contributed by atoms with Gasteiger partial charge in [0.1, 0.15) is 6.33 Å². The molecule has 4 rings (SSSR count). The quantitative estimate of drug-likeness (QED) is 0.725. The second-order valence-electron chi connectivity index (χ2n) is 5.58. The van der Waals surface area contributed by atoms with E-state index in [0.29, 0.717) is 6.54 Å². The van der Waals surface area contributed by atoms with E-state index >= 15 is 0 Å². The molecule has 0 bridgehead atoms. The zero-order chi connectivity index (χ0) is 16.5. The summed E-state index contributed by atoms with van der Waals surface area (Å²) in [7, 11) is 1.85. The number of carbonyl (C=O) groups excluding carboxylic acids is 1. The number of anilines is 1. The SMILES string of the molecule is Cn1cc(N2CC[C@H](Sc3nncn3-c3ccccc3)C2=O)cn1. The summed E-state index contributed by atoms with van der Waals surface area (Å²) in [6.07, 6.45) is 6.03. The Kier molecular flexibility index (Phi) is 3.81. The molecule has 1 saturated heterocycles. The highest BCUT2D eigenvalue weighted by molar-refractivity contribution is 8.00. The van der Waals surface area contributed by atoms with Crippen LogP contribution < -0.4 is 4.90 Å². The molecule has 24 heavy (non-hydrogen) atoms. The van der Waals surface area contributed by atoms with Gasteiger partial charge in [-0.15, -0.1) is 10.2 Å². The van der Waals surface area contributed by atoms with E-state index in [0.717, 1.165) is 23.0 Å². The first-order valence-electron chi connectivity index (χ1n) is 7.64. The molecular weight excluding hydrogens is 324 g/mol. The van der Waals surface area contributed by atoms with Crippen molar-refractivity contribution >= 4 is 23.4 Å². The summed E-state index contributed by atoms with van der Waals surface area (Å²) >= 11 is 1.46. The minimum absolute atomic E-state index is 0.0932. The zero-order valence-corrected chi connectivity index (χ0v) is 13.9. The number of para-hydroxylation sites is 1. The Labute approximate surface area is 143 Å². The van der Waals surface area contributed by atoms with E-state index in [9.17, 15) is 4.79 Å². The van der Waals surface area contributed by atoms with Crippen molar-refractivity contribution in [1.29, 1.82) is 0 Å². The molecule has 0 aliphatic carbocycles. The molecule has 2 aromatic heterocycles. The first-order chi connectivity index (χ1) is 11.7. The number of thioether (sulfide) groups is 1. The Morgan fingerprint density at radius 1 is 1.21 bits per heavy atom. The number of aryl methyl sites for hydroxylation is 1. The molecule has 7 nitrogen and oxygen atoms in total. The van der Waals surface area contributed by atoms with Crippen LogP contribution in [0.3, 0.4) is 0 Å². The molecule has 122 valence electrons. The van der Waals surface area contributed by atoms with Gasteiger partial charge in [-0.2, -0.15) is 5.10 Å². The Bertz CT molecular complexity index is 858. The largest absolute Gasteiger partial charge is 0.308 e. The molecular formula is C16H16N6OS. The standard InChI is InChI=1S/C16H16N6OS/c1-20-10-13(9-18-20)21-8-7-14(15(21)23)24-16-19-17-11-22(16)12-5-3-2-4-6-12/h2-6,9-11,14H,7-8H2,1H3/t14-/m0/s1. The third-order valence-corrected chi connectivity index (χ3v) is 5.17. The van der Waals surface area contributed by atoms with Crippen LogP contribution in [0.5, 0.6) is 0 Å². The zero-order valence-electron chi connectivity index (χ0n) is 13.1. The molecule has 3 aromatic rings. The van der Waals surface area contributed by atoms with Crippen molar-refractivity contribution in [2.75, 3.05) is 11.4 Å². The average Bonchev–Trinajstić information content (AvgIpc) is 3.31. The summed E-state index contributed by atoms with van der Waals surface area (Å²) in [5.41, 5.74) is 1.83. The van der Waals surface area contributed by atoms with Crippen molar-refractivity contribution < 1.29 is 4.79 Å². The molecule has 1 aromatic carbocycles. The lowest BCUT2D eigenvalue weighted by Crippen LogP contribution is -2.27. The van der Waals surface area contributed by atoms with Gasteiger partial charge in [0.2, 0.25) is 5.91 Å². The van der Waals surface area contributed by atoms with Crippen molar-refractivity contribution in [1.82, 2.24) is 24.5 Å². The van der Waals surface area contributed by atoms with Gasteiger partial charge in [0.05, 0.1) is 17.1 Å². The molecule has 8 heteroatoms. The molecule has 1 amide bonds. The number of amides is 1. The van der Waals surface area contributed by atoms with Gasteiger partial charge in [-0.1, -0.05) is 30.0 Å². The predicted molar refractivity (Wildman–Crippen MR) is 91.2 cm³/mol. The minimum Gasteiger partial charge on any atom is -0.308 e. The minimum atomic E-state index is -0.156. The molecule has 1 aliphatic heterocycles. The highest BCUT2D eigenvalue weighted by Crippen LogP contribution is 2.32. The third kappa shape index (κ3) is 2.69. The van der Waals surface area contributed by atoms with Crippen molar-refractivity contribution in [3.63, 3.8) is 0 Å². The van der Waals surface area contributed by atoms with Crippen LogP contribution in [0, 0.1) is 0 Å². The Balaban J connectivity index is 1.53. The second kappa shape index (κ2) is 6.12. The van der Waals surface area contributed by atoms with Crippen LogP contribution in [-0.2, 0) is 11.8 Å². The normalized spacial score (nSPS) is 17.6. The second-order valence-corrected chi connectivity index (χ2v) is 6.75. The van der Waals surface area contributed by atoms with Crippen LogP contribution in [0.25, 0.3) is 5.69 Å². The molecule has 0 spiro atoms. The summed E-state index contributed by atoms with van der Waals surface area (Å²) in [4.78, 5) is 14.5.